The van der Waals surface area contributed by atoms with Crippen LogP contribution in [0, 0.1) is 0 Å². The number of nitrogens with one attached hydrogen (secondary N) is 2. The van der Waals surface area contributed by atoms with Gasteiger partial charge < -0.3 is 25.0 Å². The van der Waals surface area contributed by atoms with Crippen molar-refractivity contribution in [3.05, 3.63) is 40.6 Å². The molecule has 0 radical (unpaired) electrons. The molecule has 154 valence electrons. The Morgan fingerprint density at radius 1 is 1.18 bits per heavy atom. The zero-order valence-corrected chi connectivity index (χ0v) is 19.8. The molecule has 0 spiro atoms. The first-order valence-corrected chi connectivity index (χ1v) is 10.1. The summed E-state index contributed by atoms with van der Waals surface area (Å²) in [6.07, 6.45) is 2.11. The minimum atomic E-state index is 0. The fourth-order valence-electron chi connectivity index (χ4n) is 3.22. The molecule has 0 bridgehead atoms. The van der Waals surface area contributed by atoms with Crippen LogP contribution in [-0.2, 0) is 6.54 Å². The van der Waals surface area contributed by atoms with Crippen molar-refractivity contribution < 1.29 is 9.47 Å². The lowest BCUT2D eigenvalue weighted by Crippen LogP contribution is -2.48. The smallest absolute Gasteiger partial charge is 0.191 e. The van der Waals surface area contributed by atoms with E-state index in [9.17, 15) is 0 Å². The summed E-state index contributed by atoms with van der Waals surface area (Å²) in [6, 6.07) is 8.59. The lowest BCUT2D eigenvalue weighted by Gasteiger charge is -2.34. The predicted octanol–water partition coefficient (Wildman–Crippen LogP) is 3.72. The highest BCUT2D eigenvalue weighted by Gasteiger charge is 2.21. The summed E-state index contributed by atoms with van der Waals surface area (Å²) in [7, 11) is 5.19. The molecular formula is C20H29IN4O2S. The minimum Gasteiger partial charge on any atom is -0.497 e. The lowest BCUT2D eigenvalue weighted by atomic mass is 10.0. The largest absolute Gasteiger partial charge is 0.497 e. The number of rotatable bonds is 6. The van der Waals surface area contributed by atoms with Gasteiger partial charge in [0.15, 0.2) is 5.96 Å². The third kappa shape index (κ3) is 6.16. The molecule has 1 saturated heterocycles. The van der Waals surface area contributed by atoms with Gasteiger partial charge in [-0.25, -0.2) is 0 Å². The van der Waals surface area contributed by atoms with E-state index in [1.807, 2.05) is 13.1 Å². The highest BCUT2D eigenvalue weighted by molar-refractivity contribution is 14.0. The molecule has 1 fully saturated rings. The summed E-state index contributed by atoms with van der Waals surface area (Å²) in [5, 5.41) is 11.2. The van der Waals surface area contributed by atoms with E-state index in [1.54, 1.807) is 25.6 Å². The Balaban J connectivity index is 0.00000280. The number of benzene rings is 1. The average molecular weight is 516 g/mol. The summed E-state index contributed by atoms with van der Waals surface area (Å²) < 4.78 is 10.8. The number of anilines is 1. The molecule has 28 heavy (non-hydrogen) atoms. The van der Waals surface area contributed by atoms with Crippen molar-refractivity contribution in [2.45, 2.75) is 25.4 Å². The lowest BCUT2D eigenvalue weighted by molar-refractivity contribution is 0.393. The Morgan fingerprint density at radius 2 is 1.86 bits per heavy atom. The number of guanidine groups is 1. The first-order chi connectivity index (χ1) is 13.2. The highest BCUT2D eigenvalue weighted by Crippen LogP contribution is 2.30. The summed E-state index contributed by atoms with van der Waals surface area (Å²) in [6.45, 7) is 2.76. The quantitative estimate of drug-likeness (QED) is 0.348. The number of hydrogen-bond acceptors (Lipinski definition) is 5. The van der Waals surface area contributed by atoms with Crippen LogP contribution in [0.25, 0.3) is 0 Å². The topological polar surface area (TPSA) is 58.1 Å². The Labute approximate surface area is 188 Å². The van der Waals surface area contributed by atoms with E-state index in [4.69, 9.17) is 9.47 Å². The number of piperidine rings is 1. The van der Waals surface area contributed by atoms with Crippen LogP contribution in [0.15, 0.2) is 40.0 Å². The molecule has 2 N–H and O–H groups in total. The third-order valence-electron chi connectivity index (χ3n) is 4.80. The molecule has 0 saturated carbocycles. The van der Waals surface area contributed by atoms with E-state index >= 15 is 0 Å². The van der Waals surface area contributed by atoms with E-state index in [-0.39, 0.29) is 24.0 Å². The van der Waals surface area contributed by atoms with Gasteiger partial charge in [-0.3, -0.25) is 4.99 Å². The van der Waals surface area contributed by atoms with Crippen LogP contribution >= 0.6 is 35.3 Å². The summed E-state index contributed by atoms with van der Waals surface area (Å²) in [5.74, 6) is 2.51. The number of aliphatic imine (C=N–C) groups is 1. The van der Waals surface area contributed by atoms with E-state index in [0.717, 1.165) is 55.6 Å². The molecule has 0 aliphatic carbocycles. The number of hydrogen-bond donors (Lipinski definition) is 2. The molecule has 1 aromatic carbocycles. The van der Waals surface area contributed by atoms with Gasteiger partial charge in [0.1, 0.15) is 11.5 Å². The Hall–Kier alpha value is -1.68. The Kier molecular flexibility index (Phi) is 9.17. The van der Waals surface area contributed by atoms with Crippen LogP contribution < -0.4 is 25.0 Å². The molecule has 0 amide bonds. The van der Waals surface area contributed by atoms with Gasteiger partial charge in [0.05, 0.1) is 14.2 Å². The monoisotopic (exact) mass is 516 g/mol. The normalized spacial score (nSPS) is 15.0. The van der Waals surface area contributed by atoms with Gasteiger partial charge in [-0.1, -0.05) is 0 Å². The van der Waals surface area contributed by atoms with Gasteiger partial charge in [-0.15, -0.1) is 24.0 Å². The average Bonchev–Trinajstić information content (AvgIpc) is 3.24. The predicted molar refractivity (Wildman–Crippen MR) is 128 cm³/mol. The maximum absolute atomic E-state index is 5.39. The molecule has 2 heterocycles. The molecule has 6 nitrogen and oxygen atoms in total. The van der Waals surface area contributed by atoms with Crippen LogP contribution in [0.5, 0.6) is 11.5 Å². The van der Waals surface area contributed by atoms with Crippen LogP contribution in [0.4, 0.5) is 5.69 Å². The second kappa shape index (κ2) is 11.4. The molecule has 0 atom stereocenters. The molecule has 0 unspecified atom stereocenters. The Morgan fingerprint density at radius 3 is 2.39 bits per heavy atom. The molecule has 1 aromatic heterocycles. The number of nitrogens with zero attached hydrogens (tertiary/aromatic N) is 2. The minimum absolute atomic E-state index is 0. The number of ether oxygens (including phenoxy) is 2. The first kappa shape index (κ1) is 22.6. The van der Waals surface area contributed by atoms with Crippen molar-refractivity contribution in [3.8, 4) is 11.5 Å². The summed E-state index contributed by atoms with van der Waals surface area (Å²) >= 11 is 1.71. The summed E-state index contributed by atoms with van der Waals surface area (Å²) in [4.78, 5) is 6.74. The number of thiophene rings is 1. The van der Waals surface area contributed by atoms with E-state index in [2.05, 4.69) is 49.5 Å². The number of halogens is 1. The molecule has 8 heteroatoms. The van der Waals surface area contributed by atoms with Gasteiger partial charge in [-0.05, 0) is 35.2 Å². The maximum Gasteiger partial charge on any atom is 0.191 e. The second-order valence-corrected chi connectivity index (χ2v) is 7.31. The van der Waals surface area contributed by atoms with Crippen LogP contribution in [0.1, 0.15) is 18.4 Å². The van der Waals surface area contributed by atoms with Crippen molar-refractivity contribution in [2.24, 2.45) is 4.99 Å². The molecule has 1 aliphatic heterocycles. The number of methoxy groups -OCH3 is 2. The van der Waals surface area contributed by atoms with Crippen LogP contribution in [0.2, 0.25) is 0 Å². The molecule has 2 aromatic rings. The fraction of sp³-hybridized carbons (Fsp3) is 0.450. The van der Waals surface area contributed by atoms with E-state index in [1.165, 1.54) is 5.56 Å². The maximum atomic E-state index is 5.39. The SMILES string of the molecule is CN=C(NCc1ccsc1)NC1CCN(c2cc(OC)cc(OC)c2)CC1.I. The van der Waals surface area contributed by atoms with Crippen molar-refractivity contribution in [1.82, 2.24) is 10.6 Å². The first-order valence-electron chi connectivity index (χ1n) is 9.18. The fourth-order valence-corrected chi connectivity index (χ4v) is 3.89. The Bertz CT molecular complexity index is 724. The van der Waals surface area contributed by atoms with Crippen molar-refractivity contribution in [2.75, 3.05) is 39.3 Å². The van der Waals surface area contributed by atoms with Gasteiger partial charge >= 0.3 is 0 Å². The van der Waals surface area contributed by atoms with Gasteiger partial charge in [0.2, 0.25) is 0 Å². The van der Waals surface area contributed by atoms with Crippen LogP contribution in [0.3, 0.4) is 0 Å². The van der Waals surface area contributed by atoms with Gasteiger partial charge in [-0.2, -0.15) is 11.3 Å². The molecule has 1 aliphatic rings. The molecular weight excluding hydrogens is 487 g/mol. The van der Waals surface area contributed by atoms with Crippen molar-refractivity contribution in [1.29, 1.82) is 0 Å². The van der Waals surface area contributed by atoms with Crippen molar-refractivity contribution >= 4 is 47.0 Å². The summed E-state index contributed by atoms with van der Waals surface area (Å²) in [5.41, 5.74) is 2.43. The van der Waals surface area contributed by atoms with Crippen LogP contribution in [-0.4, -0.2) is 46.4 Å². The zero-order chi connectivity index (χ0) is 19.1. The molecule has 3 rings (SSSR count). The van der Waals surface area contributed by atoms with E-state index < -0.39 is 0 Å². The van der Waals surface area contributed by atoms with Gasteiger partial charge in [0.25, 0.3) is 0 Å². The zero-order valence-electron chi connectivity index (χ0n) is 16.6. The highest BCUT2D eigenvalue weighted by atomic mass is 127. The van der Waals surface area contributed by atoms with E-state index in [0.29, 0.717) is 6.04 Å². The third-order valence-corrected chi connectivity index (χ3v) is 5.53. The van der Waals surface area contributed by atoms with Crippen molar-refractivity contribution in [3.63, 3.8) is 0 Å². The standard InChI is InChI=1S/C20H28N4O2S.HI/c1-21-20(22-13-15-6-9-27-14-15)23-16-4-7-24(8-5-16)17-10-18(25-2)12-19(11-17)26-3;/h6,9-12,14,16H,4-5,7-8,13H2,1-3H3,(H2,21,22,23);1H. The van der Waals surface area contributed by atoms with Gasteiger partial charge in [0, 0.05) is 56.6 Å². The second-order valence-electron chi connectivity index (χ2n) is 6.53.